The molecule has 2 rings (SSSR count). The maximum Gasteiger partial charge on any atom is 0.237 e. The van der Waals surface area contributed by atoms with Crippen molar-refractivity contribution in [2.45, 2.75) is 37.5 Å². The maximum absolute atomic E-state index is 11.8. The van der Waals surface area contributed by atoms with E-state index < -0.39 is 6.04 Å². The fourth-order valence-electron chi connectivity index (χ4n) is 1.99. The lowest BCUT2D eigenvalue weighted by atomic mass is 9.89. The fourth-order valence-corrected chi connectivity index (χ4v) is 1.99. The Morgan fingerprint density at radius 2 is 2.00 bits per heavy atom. The summed E-state index contributed by atoms with van der Waals surface area (Å²) in [6.07, 6.45) is 1.36. The molecule has 0 heterocycles. The zero-order valence-corrected chi connectivity index (χ0v) is 10.0. The van der Waals surface area contributed by atoms with Crippen LogP contribution in [0.25, 0.3) is 0 Å². The first-order chi connectivity index (χ1) is 8.54. The van der Waals surface area contributed by atoms with E-state index >= 15 is 0 Å². The summed E-state index contributed by atoms with van der Waals surface area (Å²) in [5, 5.41) is 21.1. The Balaban J connectivity index is 1.81. The highest BCUT2D eigenvalue weighted by molar-refractivity contribution is 5.82. The summed E-state index contributed by atoms with van der Waals surface area (Å²) in [6, 6.07) is 6.08. The van der Waals surface area contributed by atoms with Gasteiger partial charge in [0.25, 0.3) is 0 Å². The minimum absolute atomic E-state index is 0.0540. The van der Waals surface area contributed by atoms with E-state index in [-0.39, 0.29) is 23.8 Å². The molecular formula is C13H18N2O3. The van der Waals surface area contributed by atoms with Gasteiger partial charge in [0.1, 0.15) is 5.75 Å². The van der Waals surface area contributed by atoms with Crippen LogP contribution in [0.3, 0.4) is 0 Å². The van der Waals surface area contributed by atoms with Crippen LogP contribution in [0.2, 0.25) is 0 Å². The van der Waals surface area contributed by atoms with Gasteiger partial charge in [-0.25, -0.2) is 0 Å². The number of carbonyl (C=O) groups is 1. The van der Waals surface area contributed by atoms with Crippen molar-refractivity contribution in [3.05, 3.63) is 29.8 Å². The third-order valence-corrected chi connectivity index (χ3v) is 3.19. The van der Waals surface area contributed by atoms with Gasteiger partial charge in [-0.1, -0.05) is 12.1 Å². The van der Waals surface area contributed by atoms with E-state index in [1.807, 2.05) is 0 Å². The first-order valence-corrected chi connectivity index (χ1v) is 6.06. The Labute approximate surface area is 106 Å². The van der Waals surface area contributed by atoms with Crippen molar-refractivity contribution in [3.63, 3.8) is 0 Å². The topological polar surface area (TPSA) is 95.6 Å². The number of phenolic OH excluding ortho intramolecular Hbond substituents is 1. The molecular weight excluding hydrogens is 232 g/mol. The van der Waals surface area contributed by atoms with Crippen molar-refractivity contribution >= 4 is 5.91 Å². The number of hydrogen-bond donors (Lipinski definition) is 4. The van der Waals surface area contributed by atoms with Crippen LogP contribution in [-0.2, 0) is 11.2 Å². The van der Waals surface area contributed by atoms with Gasteiger partial charge in [0.2, 0.25) is 5.91 Å². The van der Waals surface area contributed by atoms with Gasteiger partial charge in [-0.2, -0.15) is 0 Å². The van der Waals surface area contributed by atoms with Gasteiger partial charge in [-0.15, -0.1) is 0 Å². The SMILES string of the molecule is NC(Cc1ccc(O)cc1)C(=O)NC1CC(O)C1. The summed E-state index contributed by atoms with van der Waals surface area (Å²) in [5.41, 5.74) is 6.72. The second kappa shape index (κ2) is 5.37. The second-order valence-electron chi connectivity index (χ2n) is 4.81. The zero-order chi connectivity index (χ0) is 13.1. The highest BCUT2D eigenvalue weighted by atomic mass is 16.3. The van der Waals surface area contributed by atoms with Crippen LogP contribution in [0.4, 0.5) is 0 Å². The molecule has 5 N–H and O–H groups in total. The van der Waals surface area contributed by atoms with Gasteiger partial charge < -0.3 is 21.3 Å². The van der Waals surface area contributed by atoms with E-state index in [4.69, 9.17) is 15.9 Å². The first-order valence-electron chi connectivity index (χ1n) is 6.06. The average Bonchev–Trinajstić information content (AvgIpc) is 2.30. The third-order valence-electron chi connectivity index (χ3n) is 3.19. The molecule has 1 atom stereocenters. The smallest absolute Gasteiger partial charge is 0.237 e. The number of aliphatic hydroxyl groups is 1. The third kappa shape index (κ3) is 3.21. The molecule has 1 saturated carbocycles. The van der Waals surface area contributed by atoms with Crippen molar-refractivity contribution in [2.24, 2.45) is 5.73 Å². The minimum Gasteiger partial charge on any atom is -0.508 e. The predicted molar refractivity (Wildman–Crippen MR) is 67.0 cm³/mol. The molecule has 0 aliphatic heterocycles. The molecule has 0 spiro atoms. The Morgan fingerprint density at radius 3 is 2.56 bits per heavy atom. The van der Waals surface area contributed by atoms with Gasteiger partial charge in [0.15, 0.2) is 0 Å². The zero-order valence-electron chi connectivity index (χ0n) is 10.0. The highest BCUT2D eigenvalue weighted by Gasteiger charge is 2.29. The van der Waals surface area contributed by atoms with Crippen molar-refractivity contribution in [3.8, 4) is 5.75 Å². The van der Waals surface area contributed by atoms with Crippen molar-refractivity contribution < 1.29 is 15.0 Å². The van der Waals surface area contributed by atoms with Gasteiger partial charge >= 0.3 is 0 Å². The Hall–Kier alpha value is -1.59. The molecule has 0 radical (unpaired) electrons. The Morgan fingerprint density at radius 1 is 1.39 bits per heavy atom. The maximum atomic E-state index is 11.8. The Bertz CT molecular complexity index is 413. The van der Waals surface area contributed by atoms with Crippen LogP contribution >= 0.6 is 0 Å². The number of rotatable bonds is 4. The molecule has 0 saturated heterocycles. The predicted octanol–water partition coefficient (Wildman–Crippen LogP) is -0.0985. The van der Waals surface area contributed by atoms with Crippen LogP contribution in [0.5, 0.6) is 5.75 Å². The summed E-state index contributed by atoms with van der Waals surface area (Å²) < 4.78 is 0. The van der Waals surface area contributed by atoms with Crippen LogP contribution in [-0.4, -0.2) is 34.3 Å². The molecule has 1 aliphatic rings. The number of benzene rings is 1. The lowest BCUT2D eigenvalue weighted by Crippen LogP contribution is -2.52. The highest BCUT2D eigenvalue weighted by Crippen LogP contribution is 2.19. The number of hydrogen-bond acceptors (Lipinski definition) is 4. The van der Waals surface area contributed by atoms with Gasteiger partial charge in [0, 0.05) is 6.04 Å². The standard InChI is InChI=1S/C13H18N2O3/c14-12(5-8-1-3-10(16)4-2-8)13(18)15-9-6-11(17)7-9/h1-4,9,11-12,16-17H,5-7,14H2,(H,15,18). The Kier molecular flexibility index (Phi) is 3.84. The summed E-state index contributed by atoms with van der Waals surface area (Å²) in [6.45, 7) is 0. The van der Waals surface area contributed by atoms with Crippen molar-refractivity contribution in [1.82, 2.24) is 5.32 Å². The molecule has 5 heteroatoms. The molecule has 18 heavy (non-hydrogen) atoms. The van der Waals surface area contributed by atoms with Crippen LogP contribution in [0.1, 0.15) is 18.4 Å². The minimum atomic E-state index is -0.604. The molecule has 98 valence electrons. The van der Waals surface area contributed by atoms with Crippen LogP contribution < -0.4 is 11.1 Å². The molecule has 1 aromatic rings. The molecule has 1 amide bonds. The summed E-state index contributed by atoms with van der Waals surface area (Å²) in [7, 11) is 0. The summed E-state index contributed by atoms with van der Waals surface area (Å²) in [4.78, 5) is 11.8. The van der Waals surface area contributed by atoms with E-state index in [1.54, 1.807) is 24.3 Å². The van der Waals surface area contributed by atoms with Crippen molar-refractivity contribution in [2.75, 3.05) is 0 Å². The number of phenols is 1. The van der Waals surface area contributed by atoms with E-state index in [0.717, 1.165) is 5.56 Å². The second-order valence-corrected chi connectivity index (χ2v) is 4.81. The lowest BCUT2D eigenvalue weighted by molar-refractivity contribution is -0.124. The molecule has 1 aromatic carbocycles. The number of nitrogens with two attached hydrogens (primary N) is 1. The lowest BCUT2D eigenvalue weighted by Gasteiger charge is -2.32. The summed E-state index contributed by atoms with van der Waals surface area (Å²) >= 11 is 0. The summed E-state index contributed by atoms with van der Waals surface area (Å²) in [5.74, 6) is 0.000188. The number of carbonyl (C=O) groups excluding carboxylic acids is 1. The molecule has 1 aliphatic carbocycles. The van der Waals surface area contributed by atoms with Gasteiger partial charge in [-0.05, 0) is 37.0 Å². The largest absolute Gasteiger partial charge is 0.508 e. The number of amides is 1. The van der Waals surface area contributed by atoms with Crippen molar-refractivity contribution in [1.29, 1.82) is 0 Å². The molecule has 5 nitrogen and oxygen atoms in total. The van der Waals surface area contributed by atoms with Gasteiger partial charge in [-0.3, -0.25) is 4.79 Å². The molecule has 0 bridgehead atoms. The average molecular weight is 250 g/mol. The monoisotopic (exact) mass is 250 g/mol. The molecule has 0 aromatic heterocycles. The first kappa shape index (κ1) is 12.9. The number of aliphatic hydroxyl groups excluding tert-OH is 1. The molecule has 1 unspecified atom stereocenters. The number of aromatic hydroxyl groups is 1. The number of nitrogens with one attached hydrogen (secondary N) is 1. The normalized spacial score (nSPS) is 24.1. The van der Waals surface area contributed by atoms with E-state index in [1.165, 1.54) is 0 Å². The van der Waals surface area contributed by atoms with E-state index in [0.29, 0.717) is 19.3 Å². The van der Waals surface area contributed by atoms with Crippen LogP contribution in [0.15, 0.2) is 24.3 Å². The van der Waals surface area contributed by atoms with Crippen LogP contribution in [0, 0.1) is 0 Å². The quantitative estimate of drug-likeness (QED) is 0.600. The van der Waals surface area contributed by atoms with Gasteiger partial charge in [0.05, 0.1) is 12.1 Å². The fraction of sp³-hybridized carbons (Fsp3) is 0.462. The molecule has 1 fully saturated rings. The van der Waals surface area contributed by atoms with E-state index in [2.05, 4.69) is 5.32 Å². The van der Waals surface area contributed by atoms with E-state index in [9.17, 15) is 4.79 Å².